The van der Waals surface area contributed by atoms with Gasteiger partial charge in [0.2, 0.25) is 0 Å². The number of rotatable bonds is 1. The molecule has 0 atom stereocenters. The van der Waals surface area contributed by atoms with Crippen LogP contribution in [0, 0.1) is 0 Å². The molecule has 0 aromatic heterocycles. The highest BCUT2D eigenvalue weighted by atomic mass is 35.5. The van der Waals surface area contributed by atoms with Gasteiger partial charge in [-0.2, -0.15) is 13.2 Å². The van der Waals surface area contributed by atoms with Gasteiger partial charge in [0.25, 0.3) is 0 Å². The Morgan fingerprint density at radius 2 is 1.56 bits per heavy atom. The van der Waals surface area contributed by atoms with Crippen molar-refractivity contribution in [3.05, 3.63) is 27.2 Å². The number of esters is 1. The fourth-order valence-corrected chi connectivity index (χ4v) is 1.67. The molecule has 16 heavy (non-hydrogen) atoms. The maximum atomic E-state index is 11.9. The molecule has 88 valence electrons. The fourth-order valence-electron chi connectivity index (χ4n) is 0.777. The average Bonchev–Trinajstić information content (AvgIpc) is 2.08. The third-order valence-corrected chi connectivity index (χ3v) is 2.17. The van der Waals surface area contributed by atoms with Crippen LogP contribution in [0.4, 0.5) is 13.2 Å². The summed E-state index contributed by atoms with van der Waals surface area (Å²) in [6, 6.07) is 2.21. The van der Waals surface area contributed by atoms with Crippen LogP contribution < -0.4 is 4.74 Å². The van der Waals surface area contributed by atoms with Crippen molar-refractivity contribution in [2.24, 2.45) is 0 Å². The molecule has 0 saturated heterocycles. The van der Waals surface area contributed by atoms with E-state index in [4.69, 9.17) is 34.8 Å². The number of ether oxygens (including phenoxy) is 1. The minimum atomic E-state index is -5.12. The topological polar surface area (TPSA) is 26.3 Å². The summed E-state index contributed by atoms with van der Waals surface area (Å²) >= 11 is 16.5. The molecule has 0 amide bonds. The summed E-state index contributed by atoms with van der Waals surface area (Å²) in [6.07, 6.45) is -5.12. The van der Waals surface area contributed by atoms with Crippen LogP contribution in [0.25, 0.3) is 0 Å². The molecule has 0 fully saturated rings. The lowest BCUT2D eigenvalue weighted by atomic mass is 10.3. The lowest BCUT2D eigenvalue weighted by molar-refractivity contribution is -0.189. The quantitative estimate of drug-likeness (QED) is 0.575. The third kappa shape index (κ3) is 3.17. The summed E-state index contributed by atoms with van der Waals surface area (Å²) in [5, 5.41) is -0.452. The Morgan fingerprint density at radius 1 is 1.12 bits per heavy atom. The van der Waals surface area contributed by atoms with Gasteiger partial charge < -0.3 is 4.74 Å². The summed E-state index contributed by atoms with van der Waals surface area (Å²) in [5.74, 6) is -2.98. The molecule has 0 aliphatic heterocycles. The highest BCUT2D eigenvalue weighted by Crippen LogP contribution is 2.36. The van der Waals surface area contributed by atoms with Crippen LogP contribution in [0.5, 0.6) is 5.75 Å². The molecule has 0 bridgehead atoms. The molecular formula is C8H2Cl3F3O2. The molecule has 1 aromatic rings. The van der Waals surface area contributed by atoms with Gasteiger partial charge in [-0.1, -0.05) is 34.8 Å². The van der Waals surface area contributed by atoms with Gasteiger partial charge in [0.1, 0.15) is 0 Å². The van der Waals surface area contributed by atoms with E-state index in [0.29, 0.717) is 0 Å². The van der Waals surface area contributed by atoms with E-state index in [1.54, 1.807) is 0 Å². The maximum absolute atomic E-state index is 11.9. The summed E-state index contributed by atoms with van der Waals surface area (Å²) < 4.78 is 39.7. The molecule has 2 nitrogen and oxygen atoms in total. The zero-order valence-corrected chi connectivity index (χ0v) is 9.51. The van der Waals surface area contributed by atoms with Crippen molar-refractivity contribution < 1.29 is 22.7 Å². The van der Waals surface area contributed by atoms with Crippen LogP contribution in [0.2, 0.25) is 15.1 Å². The van der Waals surface area contributed by atoms with Gasteiger partial charge in [-0.3, -0.25) is 0 Å². The normalized spacial score (nSPS) is 11.4. The Hall–Kier alpha value is -0.650. The second-order valence-electron chi connectivity index (χ2n) is 2.59. The molecule has 0 unspecified atom stereocenters. The molecule has 0 radical (unpaired) electrons. The number of carbonyl (C=O) groups is 1. The molecule has 0 N–H and O–H groups in total. The monoisotopic (exact) mass is 292 g/mol. The van der Waals surface area contributed by atoms with Crippen molar-refractivity contribution in [1.82, 2.24) is 0 Å². The standard InChI is InChI=1S/C8H2Cl3F3O2/c9-3-1-4(10)6(5(11)2-3)16-7(15)8(12,13)14/h1-2H. The van der Waals surface area contributed by atoms with E-state index < -0.39 is 17.9 Å². The summed E-state index contributed by atoms with van der Waals surface area (Å²) in [6.45, 7) is 0. The zero-order valence-electron chi connectivity index (χ0n) is 7.24. The van der Waals surface area contributed by atoms with Gasteiger partial charge in [0.15, 0.2) is 5.75 Å². The Balaban J connectivity index is 3.03. The van der Waals surface area contributed by atoms with Gasteiger partial charge in [0, 0.05) is 5.02 Å². The summed E-state index contributed by atoms with van der Waals surface area (Å²) in [7, 11) is 0. The van der Waals surface area contributed by atoms with E-state index in [-0.39, 0.29) is 15.1 Å². The van der Waals surface area contributed by atoms with Crippen LogP contribution in [-0.4, -0.2) is 12.1 Å². The smallest absolute Gasteiger partial charge is 0.417 e. The summed E-state index contributed by atoms with van der Waals surface area (Å²) in [4.78, 5) is 10.5. The van der Waals surface area contributed by atoms with Crippen molar-refractivity contribution >= 4 is 40.8 Å². The van der Waals surface area contributed by atoms with E-state index in [2.05, 4.69) is 4.74 Å². The predicted molar refractivity (Wildman–Crippen MR) is 53.2 cm³/mol. The fraction of sp³-hybridized carbons (Fsp3) is 0.125. The van der Waals surface area contributed by atoms with Crippen LogP contribution in [0.15, 0.2) is 12.1 Å². The minimum absolute atomic E-state index is 0.113. The molecule has 0 spiro atoms. The predicted octanol–water partition coefficient (Wildman–Crippen LogP) is 4.11. The third-order valence-electron chi connectivity index (χ3n) is 1.39. The van der Waals surface area contributed by atoms with Gasteiger partial charge in [-0.25, -0.2) is 4.79 Å². The second-order valence-corrected chi connectivity index (χ2v) is 3.84. The highest BCUT2D eigenvalue weighted by molar-refractivity contribution is 6.40. The SMILES string of the molecule is O=C(Oc1c(Cl)cc(Cl)cc1Cl)C(F)(F)F. The van der Waals surface area contributed by atoms with Crippen LogP contribution >= 0.6 is 34.8 Å². The van der Waals surface area contributed by atoms with Gasteiger partial charge in [-0.05, 0) is 12.1 Å². The maximum Gasteiger partial charge on any atom is 0.491 e. The largest absolute Gasteiger partial charge is 0.491 e. The van der Waals surface area contributed by atoms with Gasteiger partial charge >= 0.3 is 12.1 Å². The van der Waals surface area contributed by atoms with E-state index in [1.165, 1.54) is 0 Å². The molecule has 0 saturated carbocycles. The first-order valence-corrected chi connectivity index (χ1v) is 4.78. The summed E-state index contributed by atoms with van der Waals surface area (Å²) in [5.41, 5.74) is 0. The Morgan fingerprint density at radius 3 is 1.94 bits per heavy atom. The molecule has 8 heteroatoms. The van der Waals surface area contributed by atoms with Crippen LogP contribution in [0.1, 0.15) is 0 Å². The van der Waals surface area contributed by atoms with E-state index in [9.17, 15) is 18.0 Å². The van der Waals surface area contributed by atoms with Crippen molar-refractivity contribution in [1.29, 1.82) is 0 Å². The van der Waals surface area contributed by atoms with Crippen molar-refractivity contribution in [3.63, 3.8) is 0 Å². The second kappa shape index (κ2) is 4.69. The molecule has 0 aliphatic carbocycles. The number of alkyl halides is 3. The van der Waals surface area contributed by atoms with E-state index in [1.807, 2.05) is 0 Å². The number of halogens is 6. The number of hydrogen-bond acceptors (Lipinski definition) is 2. The molecule has 0 heterocycles. The Labute approximate surface area is 103 Å². The Bertz CT molecular complexity index is 408. The molecule has 0 aliphatic rings. The lowest BCUT2D eigenvalue weighted by Crippen LogP contribution is -2.28. The molecule has 1 aromatic carbocycles. The van der Waals surface area contributed by atoms with Crippen LogP contribution in [-0.2, 0) is 4.79 Å². The zero-order chi connectivity index (χ0) is 12.5. The first-order chi connectivity index (χ1) is 7.21. The molecular weight excluding hydrogens is 291 g/mol. The highest BCUT2D eigenvalue weighted by Gasteiger charge is 2.42. The van der Waals surface area contributed by atoms with Crippen molar-refractivity contribution in [2.75, 3.05) is 0 Å². The average molecular weight is 293 g/mol. The first-order valence-electron chi connectivity index (χ1n) is 3.65. The Kier molecular flexibility index (Phi) is 3.93. The number of benzene rings is 1. The van der Waals surface area contributed by atoms with Gasteiger partial charge in [0.05, 0.1) is 10.0 Å². The van der Waals surface area contributed by atoms with E-state index in [0.717, 1.165) is 12.1 Å². The van der Waals surface area contributed by atoms with Crippen molar-refractivity contribution in [2.45, 2.75) is 6.18 Å². The minimum Gasteiger partial charge on any atom is -0.417 e. The van der Waals surface area contributed by atoms with Crippen molar-refractivity contribution in [3.8, 4) is 5.75 Å². The van der Waals surface area contributed by atoms with Gasteiger partial charge in [-0.15, -0.1) is 0 Å². The number of hydrogen-bond donors (Lipinski definition) is 0. The molecule has 1 rings (SSSR count). The van der Waals surface area contributed by atoms with Crippen LogP contribution in [0.3, 0.4) is 0 Å². The first kappa shape index (κ1) is 13.4. The number of carbonyl (C=O) groups excluding carboxylic acids is 1. The van der Waals surface area contributed by atoms with E-state index >= 15 is 0 Å². The lowest BCUT2D eigenvalue weighted by Gasteiger charge is -2.09.